The first-order valence-electron chi connectivity index (χ1n) is 7.85. The first kappa shape index (κ1) is 15.8. The molecule has 0 aliphatic carbocycles. The Hall–Kier alpha value is -2.68. The molecule has 0 N–H and O–H groups in total. The van der Waals surface area contributed by atoms with Gasteiger partial charge in [0.1, 0.15) is 5.75 Å². The highest BCUT2D eigenvalue weighted by atomic mass is 31.2. The summed E-state index contributed by atoms with van der Waals surface area (Å²) < 4.78 is 17.3. The number of rotatable bonds is 4. The van der Waals surface area contributed by atoms with E-state index in [1.54, 1.807) is 12.1 Å². The topological polar surface area (TPSA) is 44.8 Å². The molecule has 1 fully saturated rings. The zero-order valence-corrected chi connectivity index (χ0v) is 14.1. The normalized spacial score (nSPS) is 18.6. The fourth-order valence-corrected chi connectivity index (χ4v) is 3.94. The first-order chi connectivity index (χ1) is 12.3. The monoisotopic (exact) mass is 350 g/mol. The molecule has 0 amide bonds. The van der Waals surface area contributed by atoms with Crippen molar-refractivity contribution in [3.8, 4) is 5.75 Å². The maximum absolute atomic E-state index is 12.9. The Morgan fingerprint density at radius 2 is 1.20 bits per heavy atom. The van der Waals surface area contributed by atoms with E-state index in [2.05, 4.69) is 0 Å². The fraction of sp³-hybridized carbons (Fsp3) is 0.0500. The van der Waals surface area contributed by atoms with E-state index in [1.165, 1.54) is 0 Å². The van der Waals surface area contributed by atoms with Gasteiger partial charge in [-0.2, -0.15) is 0 Å². The Morgan fingerprint density at radius 1 is 0.720 bits per heavy atom. The third-order valence-electron chi connectivity index (χ3n) is 3.94. The van der Waals surface area contributed by atoms with E-state index in [4.69, 9.17) is 13.6 Å². The van der Waals surface area contributed by atoms with Crippen molar-refractivity contribution in [1.29, 1.82) is 0 Å². The van der Waals surface area contributed by atoms with Crippen molar-refractivity contribution in [3.05, 3.63) is 102 Å². The number of carbonyl (C=O) groups is 1. The molecule has 124 valence electrons. The first-order valence-corrected chi connectivity index (χ1v) is 8.94. The van der Waals surface area contributed by atoms with Gasteiger partial charge in [-0.1, -0.05) is 78.9 Å². The second-order valence-electron chi connectivity index (χ2n) is 5.51. The molecule has 1 aliphatic rings. The molecule has 0 spiro atoms. The summed E-state index contributed by atoms with van der Waals surface area (Å²) in [6.45, 7) is 0. The number of benzene rings is 3. The molecule has 0 bridgehead atoms. The summed E-state index contributed by atoms with van der Waals surface area (Å²) in [5.41, 5.74) is 0.115. The van der Waals surface area contributed by atoms with E-state index in [0.717, 1.165) is 0 Å². The molecular weight excluding hydrogens is 335 g/mol. The van der Waals surface area contributed by atoms with Gasteiger partial charge in [0, 0.05) is 11.1 Å². The Labute approximate surface area is 147 Å². The summed E-state index contributed by atoms with van der Waals surface area (Å²) in [7, 11) is -1.85. The largest absolute Gasteiger partial charge is 0.467 e. The standard InChI is InChI=1S/C20H15O4P/c21-19-20(16-10-4-1-5-11-16,17-12-6-2-7-13-17)24-25(23-19)22-18-14-8-3-9-15-18/h1-15H. The molecule has 1 unspecified atom stereocenters. The Balaban J connectivity index is 1.73. The molecule has 3 aromatic rings. The molecule has 4 rings (SSSR count). The van der Waals surface area contributed by atoms with E-state index in [9.17, 15) is 4.79 Å². The van der Waals surface area contributed by atoms with Crippen LogP contribution in [0, 0.1) is 0 Å². The summed E-state index contributed by atoms with van der Waals surface area (Å²) in [5.74, 6) is 0.130. The molecule has 25 heavy (non-hydrogen) atoms. The van der Waals surface area contributed by atoms with Crippen molar-refractivity contribution < 1.29 is 18.4 Å². The highest BCUT2D eigenvalue weighted by Crippen LogP contribution is 2.57. The Kier molecular flexibility index (Phi) is 4.22. The summed E-state index contributed by atoms with van der Waals surface area (Å²) >= 11 is 0. The van der Waals surface area contributed by atoms with E-state index in [1.807, 2.05) is 78.9 Å². The lowest BCUT2D eigenvalue weighted by Crippen LogP contribution is -2.34. The lowest BCUT2D eigenvalue weighted by atomic mass is 9.86. The van der Waals surface area contributed by atoms with Crippen LogP contribution in [0.1, 0.15) is 11.1 Å². The number of carbonyl (C=O) groups excluding carboxylic acids is 1. The van der Waals surface area contributed by atoms with Crippen LogP contribution in [0.2, 0.25) is 0 Å². The molecule has 3 aromatic carbocycles. The smallest absolute Gasteiger partial charge is 0.418 e. The maximum atomic E-state index is 12.9. The lowest BCUT2D eigenvalue weighted by Gasteiger charge is -2.24. The average molecular weight is 350 g/mol. The van der Waals surface area contributed by atoms with Crippen LogP contribution in [0.3, 0.4) is 0 Å². The van der Waals surface area contributed by atoms with Gasteiger partial charge in [-0.05, 0) is 12.1 Å². The minimum atomic E-state index is -1.85. The van der Waals surface area contributed by atoms with E-state index in [-0.39, 0.29) is 0 Å². The van der Waals surface area contributed by atoms with Crippen LogP contribution >= 0.6 is 8.60 Å². The van der Waals surface area contributed by atoms with Crippen LogP contribution in [0.4, 0.5) is 0 Å². The van der Waals surface area contributed by atoms with Gasteiger partial charge in [0.05, 0.1) is 0 Å². The third kappa shape index (κ3) is 2.91. The summed E-state index contributed by atoms with van der Waals surface area (Å²) in [6, 6.07) is 27.9. The molecule has 1 aliphatic heterocycles. The Bertz CT molecular complexity index is 813. The van der Waals surface area contributed by atoms with E-state index in [0.29, 0.717) is 16.9 Å². The van der Waals surface area contributed by atoms with E-state index >= 15 is 0 Å². The highest BCUT2D eigenvalue weighted by Gasteiger charge is 2.56. The molecule has 1 atom stereocenters. The summed E-state index contributed by atoms with van der Waals surface area (Å²) in [6.07, 6.45) is 0. The molecule has 1 saturated heterocycles. The van der Waals surface area contributed by atoms with Crippen LogP contribution in [0.15, 0.2) is 91.0 Å². The molecule has 0 saturated carbocycles. The summed E-state index contributed by atoms with van der Waals surface area (Å²) in [5, 5.41) is 0. The second kappa shape index (κ2) is 6.67. The summed E-state index contributed by atoms with van der Waals surface area (Å²) in [4.78, 5) is 12.9. The minimum Gasteiger partial charge on any atom is -0.418 e. The van der Waals surface area contributed by atoms with Gasteiger partial charge in [0.15, 0.2) is 0 Å². The predicted octanol–water partition coefficient (Wildman–Crippen LogP) is 4.81. The van der Waals surface area contributed by atoms with Crippen molar-refractivity contribution in [2.24, 2.45) is 0 Å². The third-order valence-corrected chi connectivity index (χ3v) is 5.04. The van der Waals surface area contributed by atoms with Crippen molar-refractivity contribution in [2.45, 2.75) is 5.60 Å². The van der Waals surface area contributed by atoms with Gasteiger partial charge in [-0.15, -0.1) is 0 Å². The number of hydrogen-bond acceptors (Lipinski definition) is 4. The van der Waals surface area contributed by atoms with Gasteiger partial charge in [-0.25, -0.2) is 4.79 Å². The lowest BCUT2D eigenvalue weighted by molar-refractivity contribution is -0.141. The van der Waals surface area contributed by atoms with Crippen LogP contribution < -0.4 is 4.52 Å². The highest BCUT2D eigenvalue weighted by molar-refractivity contribution is 7.43. The van der Waals surface area contributed by atoms with Crippen LogP contribution in [0.25, 0.3) is 0 Å². The van der Waals surface area contributed by atoms with Gasteiger partial charge < -0.3 is 9.05 Å². The molecule has 5 heteroatoms. The van der Waals surface area contributed by atoms with Crippen molar-refractivity contribution >= 4 is 14.6 Å². The minimum absolute atomic E-state index is 0.466. The van der Waals surface area contributed by atoms with Gasteiger partial charge in [0.2, 0.25) is 5.60 Å². The number of hydrogen-bond donors (Lipinski definition) is 0. The fourth-order valence-electron chi connectivity index (χ4n) is 2.76. The Morgan fingerprint density at radius 3 is 1.72 bits per heavy atom. The SMILES string of the molecule is O=C1OP(Oc2ccccc2)OC1(c1ccccc1)c1ccccc1. The van der Waals surface area contributed by atoms with Crippen LogP contribution in [-0.4, -0.2) is 5.97 Å². The van der Waals surface area contributed by atoms with E-state index < -0.39 is 20.2 Å². The van der Waals surface area contributed by atoms with Crippen LogP contribution in [-0.2, 0) is 19.4 Å². The quantitative estimate of drug-likeness (QED) is 0.634. The average Bonchev–Trinajstić information content (AvgIpc) is 3.01. The molecule has 4 nitrogen and oxygen atoms in total. The molecule has 1 heterocycles. The second-order valence-corrected chi connectivity index (χ2v) is 6.51. The van der Waals surface area contributed by atoms with Crippen molar-refractivity contribution in [1.82, 2.24) is 0 Å². The molecular formula is C20H15O4P. The van der Waals surface area contributed by atoms with Gasteiger partial charge in [0.25, 0.3) is 0 Å². The van der Waals surface area contributed by atoms with Crippen molar-refractivity contribution in [2.75, 3.05) is 0 Å². The maximum Gasteiger partial charge on any atom is 0.467 e. The zero-order valence-electron chi connectivity index (χ0n) is 13.2. The van der Waals surface area contributed by atoms with Crippen LogP contribution in [0.5, 0.6) is 5.75 Å². The molecule has 0 radical (unpaired) electrons. The number of para-hydroxylation sites is 1. The molecule has 0 aromatic heterocycles. The van der Waals surface area contributed by atoms with Gasteiger partial charge >= 0.3 is 14.6 Å². The van der Waals surface area contributed by atoms with Gasteiger partial charge in [-0.3, -0.25) is 4.52 Å². The van der Waals surface area contributed by atoms with Crippen molar-refractivity contribution in [3.63, 3.8) is 0 Å². The predicted molar refractivity (Wildman–Crippen MR) is 94.8 cm³/mol. The zero-order chi connectivity index (χ0) is 17.1.